The van der Waals surface area contributed by atoms with Crippen LogP contribution >= 0.6 is 0 Å². The first-order chi connectivity index (χ1) is 17.0. The quantitative estimate of drug-likeness (QED) is 0.368. The van der Waals surface area contributed by atoms with Gasteiger partial charge in [0, 0.05) is 55.8 Å². The second-order valence-corrected chi connectivity index (χ2v) is 9.28. The number of methoxy groups -OCH3 is 1. The molecule has 0 bridgehead atoms. The summed E-state index contributed by atoms with van der Waals surface area (Å²) in [5.74, 6) is 1.85. The Bertz CT molecular complexity index is 1360. The van der Waals surface area contributed by atoms with Crippen molar-refractivity contribution in [2.24, 2.45) is 0 Å². The van der Waals surface area contributed by atoms with Gasteiger partial charge in [-0.3, -0.25) is 19.3 Å². The number of hydrogen-bond acceptors (Lipinski definition) is 9. The highest BCUT2D eigenvalue weighted by Gasteiger charge is 2.41. The maximum Gasteiger partial charge on any atom is 0.248 e. The zero-order valence-electron chi connectivity index (χ0n) is 19.5. The number of carbonyl (C=O) groups excluding carboxylic acids is 1. The number of fused-ring (bicyclic) bond motifs is 1. The minimum absolute atomic E-state index is 0.135. The van der Waals surface area contributed by atoms with E-state index in [1.54, 1.807) is 13.3 Å². The largest absolute Gasteiger partial charge is 0.380 e. The number of aromatic amines is 1. The van der Waals surface area contributed by atoms with E-state index in [-0.39, 0.29) is 17.4 Å². The molecule has 2 atom stereocenters. The Kier molecular flexibility index (Phi) is 5.10. The van der Waals surface area contributed by atoms with E-state index in [1.165, 1.54) is 12.4 Å². The van der Waals surface area contributed by atoms with Crippen LogP contribution in [0, 0.1) is 0 Å². The molecule has 12 heteroatoms. The van der Waals surface area contributed by atoms with Crippen LogP contribution < -0.4 is 15.5 Å². The Labute approximate surface area is 201 Å². The van der Waals surface area contributed by atoms with Crippen molar-refractivity contribution >= 4 is 35.1 Å². The third kappa shape index (κ3) is 4.05. The Morgan fingerprint density at radius 3 is 2.91 bits per heavy atom. The van der Waals surface area contributed by atoms with Gasteiger partial charge in [-0.05, 0) is 25.0 Å². The molecule has 1 saturated heterocycles. The second kappa shape index (κ2) is 8.31. The second-order valence-electron chi connectivity index (χ2n) is 9.28. The van der Waals surface area contributed by atoms with Crippen molar-refractivity contribution in [2.45, 2.75) is 43.7 Å². The van der Waals surface area contributed by atoms with Crippen molar-refractivity contribution in [1.29, 1.82) is 0 Å². The number of amides is 1. The lowest BCUT2D eigenvalue weighted by Crippen LogP contribution is -2.41. The fourth-order valence-corrected chi connectivity index (χ4v) is 4.41. The summed E-state index contributed by atoms with van der Waals surface area (Å²) >= 11 is 0. The van der Waals surface area contributed by atoms with E-state index in [1.807, 2.05) is 33.7 Å². The third-order valence-corrected chi connectivity index (χ3v) is 6.81. The standard InChI is InChI=1S/C23H26N10O2/c1-23(5-6-23)16-11-17(31-30-16)27-21-29-22(28-19-4-3-9-32(19)21)33-13-14(35-2)10-15(33)20(34)26-18-12-24-7-8-25-18/h3-4,7-9,11-12,14-15H,5-6,10,13H2,1-2H3,(H,25,26,34)(H2,27,28,29,30,31)/t14-,15+/m1/s1. The van der Waals surface area contributed by atoms with Crippen LogP contribution in [0.1, 0.15) is 31.9 Å². The van der Waals surface area contributed by atoms with Crippen LogP contribution in [0.3, 0.4) is 0 Å². The molecule has 1 amide bonds. The normalized spacial score (nSPS) is 20.8. The van der Waals surface area contributed by atoms with Crippen molar-refractivity contribution in [3.05, 3.63) is 48.7 Å². The van der Waals surface area contributed by atoms with E-state index in [2.05, 4.69) is 37.7 Å². The van der Waals surface area contributed by atoms with Crippen LogP contribution in [0.15, 0.2) is 43.0 Å². The maximum absolute atomic E-state index is 13.2. The molecule has 1 aliphatic carbocycles. The van der Waals surface area contributed by atoms with Gasteiger partial charge in [0.05, 0.1) is 12.3 Å². The Hall–Kier alpha value is -4.06. The van der Waals surface area contributed by atoms with Gasteiger partial charge in [0.25, 0.3) is 0 Å². The van der Waals surface area contributed by atoms with Crippen LogP contribution in [-0.4, -0.2) is 66.2 Å². The van der Waals surface area contributed by atoms with Gasteiger partial charge in [-0.1, -0.05) is 6.92 Å². The summed E-state index contributed by atoms with van der Waals surface area (Å²) in [4.78, 5) is 32.7. The molecular weight excluding hydrogens is 448 g/mol. The Balaban J connectivity index is 1.31. The third-order valence-electron chi connectivity index (χ3n) is 6.81. The number of H-pyrrole nitrogens is 1. The van der Waals surface area contributed by atoms with E-state index < -0.39 is 6.04 Å². The lowest BCUT2D eigenvalue weighted by Gasteiger charge is -2.24. The highest BCUT2D eigenvalue weighted by Crippen LogP contribution is 2.47. The summed E-state index contributed by atoms with van der Waals surface area (Å²) in [6.07, 6.45) is 9.16. The summed E-state index contributed by atoms with van der Waals surface area (Å²) in [6.45, 7) is 2.71. The SMILES string of the molecule is CO[C@@H]1C[C@@H](C(=O)Nc2cnccn2)N(c2nc(Nc3cc(C4(C)CC4)[nH]n3)n3cccc3n2)C1. The zero-order chi connectivity index (χ0) is 24.0. The van der Waals surface area contributed by atoms with Crippen molar-refractivity contribution < 1.29 is 9.53 Å². The van der Waals surface area contributed by atoms with Crippen molar-refractivity contribution in [2.75, 3.05) is 29.2 Å². The molecule has 1 saturated carbocycles. The van der Waals surface area contributed by atoms with Crippen molar-refractivity contribution in [3.8, 4) is 0 Å². The first kappa shape index (κ1) is 21.5. The van der Waals surface area contributed by atoms with Gasteiger partial charge >= 0.3 is 0 Å². The average molecular weight is 475 g/mol. The Morgan fingerprint density at radius 2 is 2.14 bits per heavy atom. The molecule has 1 aliphatic heterocycles. The molecule has 180 valence electrons. The highest BCUT2D eigenvalue weighted by atomic mass is 16.5. The monoisotopic (exact) mass is 474 g/mol. The smallest absolute Gasteiger partial charge is 0.248 e. The van der Waals surface area contributed by atoms with Gasteiger partial charge in [0.1, 0.15) is 11.7 Å². The van der Waals surface area contributed by atoms with Crippen molar-refractivity contribution in [1.82, 2.24) is 34.5 Å². The van der Waals surface area contributed by atoms with Gasteiger partial charge in [-0.25, -0.2) is 4.98 Å². The Morgan fingerprint density at radius 1 is 1.26 bits per heavy atom. The molecule has 6 rings (SSSR count). The summed E-state index contributed by atoms with van der Waals surface area (Å²) < 4.78 is 7.45. The molecule has 2 fully saturated rings. The molecule has 12 nitrogen and oxygen atoms in total. The van der Waals surface area contributed by atoms with Gasteiger partial charge in [0.15, 0.2) is 11.6 Å². The summed E-state index contributed by atoms with van der Waals surface area (Å²) in [5.41, 5.74) is 2.00. The van der Waals surface area contributed by atoms with E-state index in [0.717, 1.165) is 18.5 Å². The first-order valence-electron chi connectivity index (χ1n) is 11.6. The predicted octanol–water partition coefficient (Wildman–Crippen LogP) is 2.27. The lowest BCUT2D eigenvalue weighted by molar-refractivity contribution is -0.117. The first-order valence-corrected chi connectivity index (χ1v) is 11.6. The van der Waals surface area contributed by atoms with Crippen LogP contribution in [-0.2, 0) is 14.9 Å². The van der Waals surface area contributed by atoms with Gasteiger partial charge in [-0.15, -0.1) is 0 Å². The topological polar surface area (TPSA) is 138 Å². The number of hydrogen-bond donors (Lipinski definition) is 3. The van der Waals surface area contributed by atoms with E-state index in [0.29, 0.717) is 42.1 Å². The maximum atomic E-state index is 13.2. The van der Waals surface area contributed by atoms with Crippen LogP contribution in [0.25, 0.3) is 5.65 Å². The van der Waals surface area contributed by atoms with Crippen molar-refractivity contribution in [3.63, 3.8) is 0 Å². The molecule has 3 N–H and O–H groups in total. The lowest BCUT2D eigenvalue weighted by atomic mass is 10.1. The van der Waals surface area contributed by atoms with Gasteiger partial charge in [0.2, 0.25) is 17.8 Å². The molecule has 0 unspecified atom stereocenters. The number of carbonyl (C=O) groups is 1. The number of rotatable bonds is 7. The fourth-order valence-electron chi connectivity index (χ4n) is 4.41. The van der Waals surface area contributed by atoms with E-state index >= 15 is 0 Å². The van der Waals surface area contributed by atoms with Crippen LogP contribution in [0.5, 0.6) is 0 Å². The summed E-state index contributed by atoms with van der Waals surface area (Å²) in [6, 6.07) is 5.30. The minimum atomic E-state index is -0.529. The predicted molar refractivity (Wildman–Crippen MR) is 129 cm³/mol. The minimum Gasteiger partial charge on any atom is -0.380 e. The number of nitrogens with zero attached hydrogens (tertiary/aromatic N) is 7. The molecule has 2 aliphatic rings. The number of anilines is 4. The molecule has 35 heavy (non-hydrogen) atoms. The average Bonchev–Trinajstić information content (AvgIpc) is 3.28. The fraction of sp³-hybridized carbons (Fsp3) is 0.391. The number of nitrogens with one attached hydrogen (secondary N) is 3. The zero-order valence-corrected chi connectivity index (χ0v) is 19.5. The molecule has 5 heterocycles. The number of aromatic nitrogens is 7. The number of ether oxygens (including phenoxy) is 1. The van der Waals surface area contributed by atoms with E-state index in [4.69, 9.17) is 14.7 Å². The van der Waals surface area contributed by atoms with Crippen LogP contribution in [0.4, 0.5) is 23.5 Å². The summed E-state index contributed by atoms with van der Waals surface area (Å²) in [5, 5.41) is 13.7. The van der Waals surface area contributed by atoms with Gasteiger partial charge < -0.3 is 20.3 Å². The van der Waals surface area contributed by atoms with Crippen LogP contribution in [0.2, 0.25) is 0 Å². The molecule has 0 aromatic carbocycles. The molecule has 4 aromatic rings. The van der Waals surface area contributed by atoms with Gasteiger partial charge in [-0.2, -0.15) is 15.1 Å². The highest BCUT2D eigenvalue weighted by molar-refractivity contribution is 5.96. The molecule has 4 aromatic heterocycles. The molecule has 0 spiro atoms. The van der Waals surface area contributed by atoms with E-state index in [9.17, 15) is 4.79 Å². The molecule has 0 radical (unpaired) electrons. The summed E-state index contributed by atoms with van der Waals surface area (Å²) in [7, 11) is 1.64. The molecular formula is C23H26N10O2.